The van der Waals surface area contributed by atoms with Gasteiger partial charge in [-0.2, -0.15) is 0 Å². The molecule has 0 aliphatic rings. The van der Waals surface area contributed by atoms with Gasteiger partial charge in [-0.1, -0.05) is 12.8 Å². The van der Waals surface area contributed by atoms with Crippen LogP contribution < -0.4 is 11.1 Å². The molecule has 6 heteroatoms. The van der Waals surface area contributed by atoms with Gasteiger partial charge in [0.15, 0.2) is 0 Å². The highest BCUT2D eigenvalue weighted by Crippen LogP contribution is 2.21. The molecule has 0 aliphatic carbocycles. The lowest BCUT2D eigenvalue weighted by molar-refractivity contribution is -0.116. The minimum absolute atomic E-state index is 0.167. The van der Waals surface area contributed by atoms with E-state index in [-0.39, 0.29) is 17.2 Å². The SMILES string of the molecule is NCCCCCCC(=O)Nc1ccc(O)c(C(=O)O)c1. The molecular weight excluding hydrogens is 260 g/mol. The number of hydrogen-bond acceptors (Lipinski definition) is 4. The van der Waals surface area contributed by atoms with Crippen LogP contribution in [0.2, 0.25) is 0 Å². The Morgan fingerprint density at radius 1 is 1.15 bits per heavy atom. The van der Waals surface area contributed by atoms with Crippen molar-refractivity contribution in [2.24, 2.45) is 5.73 Å². The largest absolute Gasteiger partial charge is 0.507 e. The maximum atomic E-state index is 11.7. The molecule has 0 atom stereocenters. The van der Waals surface area contributed by atoms with Crippen molar-refractivity contribution in [2.75, 3.05) is 11.9 Å². The second-order valence-electron chi connectivity index (χ2n) is 4.54. The topological polar surface area (TPSA) is 113 Å². The first-order valence-corrected chi connectivity index (χ1v) is 6.61. The van der Waals surface area contributed by atoms with Crippen LogP contribution in [0.4, 0.5) is 5.69 Å². The van der Waals surface area contributed by atoms with Gasteiger partial charge >= 0.3 is 5.97 Å². The number of unbranched alkanes of at least 4 members (excludes halogenated alkanes) is 3. The smallest absolute Gasteiger partial charge is 0.339 e. The van der Waals surface area contributed by atoms with E-state index in [2.05, 4.69) is 5.32 Å². The highest BCUT2D eigenvalue weighted by atomic mass is 16.4. The Morgan fingerprint density at radius 2 is 1.85 bits per heavy atom. The Morgan fingerprint density at radius 3 is 2.50 bits per heavy atom. The number of hydrogen-bond donors (Lipinski definition) is 4. The molecule has 6 nitrogen and oxygen atoms in total. The third-order valence-corrected chi connectivity index (χ3v) is 2.87. The molecule has 1 aromatic rings. The zero-order valence-electron chi connectivity index (χ0n) is 11.3. The van der Waals surface area contributed by atoms with E-state index in [1.807, 2.05) is 0 Å². The Hall–Kier alpha value is -2.08. The van der Waals surface area contributed by atoms with E-state index < -0.39 is 5.97 Å². The third-order valence-electron chi connectivity index (χ3n) is 2.87. The van der Waals surface area contributed by atoms with E-state index in [0.29, 0.717) is 18.7 Å². The molecule has 1 amide bonds. The number of carboxylic acids is 1. The summed E-state index contributed by atoms with van der Waals surface area (Å²) in [6.45, 7) is 0.664. The van der Waals surface area contributed by atoms with Gasteiger partial charge in [0.25, 0.3) is 0 Å². The molecule has 0 heterocycles. The van der Waals surface area contributed by atoms with Crippen LogP contribution in [0.1, 0.15) is 42.5 Å². The molecule has 1 aromatic carbocycles. The minimum atomic E-state index is -1.24. The lowest BCUT2D eigenvalue weighted by Crippen LogP contribution is -2.11. The van der Waals surface area contributed by atoms with Gasteiger partial charge in [0, 0.05) is 12.1 Å². The quantitative estimate of drug-likeness (QED) is 0.429. The molecule has 110 valence electrons. The van der Waals surface area contributed by atoms with Crippen molar-refractivity contribution in [1.82, 2.24) is 0 Å². The molecule has 0 saturated carbocycles. The standard InChI is InChI=1S/C14H20N2O4/c15-8-4-2-1-3-5-13(18)16-10-6-7-12(17)11(9-10)14(19)20/h6-7,9,17H,1-5,8,15H2,(H,16,18)(H,19,20). The summed E-state index contributed by atoms with van der Waals surface area (Å²) in [5, 5.41) is 20.8. The van der Waals surface area contributed by atoms with Crippen molar-refractivity contribution in [3.05, 3.63) is 23.8 Å². The fourth-order valence-corrected chi connectivity index (χ4v) is 1.79. The Labute approximate surface area is 117 Å². The predicted octanol–water partition coefficient (Wildman–Crippen LogP) is 1.94. The number of nitrogens with two attached hydrogens (primary N) is 1. The third kappa shape index (κ3) is 5.27. The van der Waals surface area contributed by atoms with Crippen molar-refractivity contribution < 1.29 is 19.8 Å². The number of aromatic carboxylic acids is 1. The summed E-state index contributed by atoms with van der Waals surface area (Å²) in [5.41, 5.74) is 5.51. The van der Waals surface area contributed by atoms with E-state index in [9.17, 15) is 14.7 Å². The zero-order valence-corrected chi connectivity index (χ0v) is 11.3. The first-order chi connectivity index (χ1) is 9.54. The van der Waals surface area contributed by atoms with E-state index >= 15 is 0 Å². The van der Waals surface area contributed by atoms with Gasteiger partial charge in [-0.15, -0.1) is 0 Å². The summed E-state index contributed by atoms with van der Waals surface area (Å²) in [5.74, 6) is -1.72. The van der Waals surface area contributed by atoms with E-state index in [0.717, 1.165) is 25.7 Å². The number of nitrogens with one attached hydrogen (secondary N) is 1. The highest BCUT2D eigenvalue weighted by Gasteiger charge is 2.11. The molecule has 0 bridgehead atoms. The van der Waals surface area contributed by atoms with Crippen LogP contribution in [-0.2, 0) is 4.79 Å². The molecule has 0 aliphatic heterocycles. The molecule has 0 saturated heterocycles. The number of anilines is 1. The summed E-state index contributed by atoms with van der Waals surface area (Å²) >= 11 is 0. The number of carbonyl (C=O) groups excluding carboxylic acids is 1. The summed E-state index contributed by atoms with van der Waals surface area (Å²) < 4.78 is 0. The lowest BCUT2D eigenvalue weighted by atomic mass is 10.1. The second kappa shape index (κ2) is 8.16. The van der Waals surface area contributed by atoms with Crippen LogP contribution in [0.3, 0.4) is 0 Å². The van der Waals surface area contributed by atoms with Crippen molar-refractivity contribution >= 4 is 17.6 Å². The van der Waals surface area contributed by atoms with Crippen LogP contribution in [0.15, 0.2) is 18.2 Å². The maximum Gasteiger partial charge on any atom is 0.339 e. The minimum Gasteiger partial charge on any atom is -0.507 e. The molecule has 0 fully saturated rings. The van der Waals surface area contributed by atoms with Crippen molar-refractivity contribution in [2.45, 2.75) is 32.1 Å². The van der Waals surface area contributed by atoms with Crippen LogP contribution in [0.25, 0.3) is 0 Å². The first kappa shape index (κ1) is 16.0. The first-order valence-electron chi connectivity index (χ1n) is 6.61. The molecule has 0 aromatic heterocycles. The van der Waals surface area contributed by atoms with Gasteiger partial charge in [0.2, 0.25) is 5.91 Å². The monoisotopic (exact) mass is 280 g/mol. The fourth-order valence-electron chi connectivity index (χ4n) is 1.79. The van der Waals surface area contributed by atoms with Crippen LogP contribution in [0.5, 0.6) is 5.75 Å². The average Bonchev–Trinajstić information content (AvgIpc) is 2.40. The summed E-state index contributed by atoms with van der Waals surface area (Å²) in [6, 6.07) is 3.96. The van der Waals surface area contributed by atoms with Crippen LogP contribution in [0, 0.1) is 0 Å². The molecule has 1 rings (SSSR count). The number of carbonyl (C=O) groups is 2. The van der Waals surface area contributed by atoms with Crippen molar-refractivity contribution in [1.29, 1.82) is 0 Å². The summed E-state index contributed by atoms with van der Waals surface area (Å²) in [6.07, 6.45) is 4.07. The normalized spacial score (nSPS) is 10.2. The molecule has 0 unspecified atom stereocenters. The predicted molar refractivity (Wildman–Crippen MR) is 75.8 cm³/mol. The molecule has 0 radical (unpaired) electrons. The fraction of sp³-hybridized carbons (Fsp3) is 0.429. The van der Waals surface area contributed by atoms with Crippen LogP contribution >= 0.6 is 0 Å². The maximum absolute atomic E-state index is 11.7. The number of amides is 1. The summed E-state index contributed by atoms with van der Waals surface area (Å²) in [4.78, 5) is 22.5. The Kier molecular flexibility index (Phi) is 6.52. The molecule has 0 spiro atoms. The number of benzene rings is 1. The van der Waals surface area contributed by atoms with Gasteiger partial charge in [-0.3, -0.25) is 4.79 Å². The number of phenols is 1. The highest BCUT2D eigenvalue weighted by molar-refractivity contribution is 5.95. The van der Waals surface area contributed by atoms with E-state index in [1.54, 1.807) is 0 Å². The lowest BCUT2D eigenvalue weighted by Gasteiger charge is -2.07. The van der Waals surface area contributed by atoms with Crippen LogP contribution in [-0.4, -0.2) is 28.6 Å². The number of carboxylic acid groups (broad SMARTS) is 1. The van der Waals surface area contributed by atoms with Gasteiger partial charge in [0.1, 0.15) is 11.3 Å². The molecule has 5 N–H and O–H groups in total. The van der Waals surface area contributed by atoms with E-state index in [4.69, 9.17) is 10.8 Å². The van der Waals surface area contributed by atoms with E-state index in [1.165, 1.54) is 18.2 Å². The van der Waals surface area contributed by atoms with Crippen molar-refractivity contribution in [3.63, 3.8) is 0 Å². The zero-order chi connectivity index (χ0) is 15.0. The van der Waals surface area contributed by atoms with Gasteiger partial charge < -0.3 is 21.3 Å². The molecule has 20 heavy (non-hydrogen) atoms. The van der Waals surface area contributed by atoms with Gasteiger partial charge in [-0.25, -0.2) is 4.79 Å². The Balaban J connectivity index is 2.46. The second-order valence-corrected chi connectivity index (χ2v) is 4.54. The number of aromatic hydroxyl groups is 1. The average molecular weight is 280 g/mol. The van der Waals surface area contributed by atoms with Gasteiger partial charge in [-0.05, 0) is 37.6 Å². The molecular formula is C14H20N2O4. The summed E-state index contributed by atoms with van der Waals surface area (Å²) in [7, 11) is 0. The van der Waals surface area contributed by atoms with Gasteiger partial charge in [0.05, 0.1) is 0 Å². The van der Waals surface area contributed by atoms with Crippen molar-refractivity contribution in [3.8, 4) is 5.75 Å². The Bertz CT molecular complexity index is 474. The number of rotatable bonds is 8.